The van der Waals surface area contributed by atoms with Gasteiger partial charge in [-0.15, -0.1) is 0 Å². The monoisotopic (exact) mass is 322 g/mol. The summed E-state index contributed by atoms with van der Waals surface area (Å²) < 4.78 is 11.0. The number of nitrogens with one attached hydrogen (secondary N) is 2. The highest BCUT2D eigenvalue weighted by Crippen LogP contribution is 2.38. The highest BCUT2D eigenvalue weighted by atomic mass is 16.5. The third kappa shape index (κ3) is 3.55. The SMILES string of the molecule is COc1cc(Nc2ccccn2)c(OC)cc1Nc1ccccn1. The predicted molar refractivity (Wildman–Crippen MR) is 94.6 cm³/mol. The van der Waals surface area contributed by atoms with Crippen LogP contribution in [0.3, 0.4) is 0 Å². The van der Waals surface area contributed by atoms with Crippen LogP contribution in [0.5, 0.6) is 11.5 Å². The standard InChI is InChI=1S/C18H18N4O2/c1-23-15-11-14(22-18-8-4-6-10-20-18)16(24-2)12-13(15)21-17-7-3-5-9-19-17/h3-12H,1-2H3,(H,19,21)(H,20,22). The van der Waals surface area contributed by atoms with Crippen molar-refractivity contribution in [3.05, 3.63) is 60.9 Å². The van der Waals surface area contributed by atoms with Crippen molar-refractivity contribution in [2.75, 3.05) is 24.9 Å². The number of aromatic nitrogens is 2. The van der Waals surface area contributed by atoms with Gasteiger partial charge in [0, 0.05) is 24.5 Å². The molecule has 0 spiro atoms. The van der Waals surface area contributed by atoms with Crippen LogP contribution >= 0.6 is 0 Å². The van der Waals surface area contributed by atoms with Gasteiger partial charge in [-0.3, -0.25) is 0 Å². The van der Waals surface area contributed by atoms with Gasteiger partial charge in [-0.25, -0.2) is 9.97 Å². The van der Waals surface area contributed by atoms with Gasteiger partial charge in [0.25, 0.3) is 0 Å². The summed E-state index contributed by atoms with van der Waals surface area (Å²) in [5, 5.41) is 6.46. The molecule has 122 valence electrons. The van der Waals surface area contributed by atoms with Gasteiger partial charge in [-0.1, -0.05) is 12.1 Å². The lowest BCUT2D eigenvalue weighted by Gasteiger charge is -2.16. The summed E-state index contributed by atoms with van der Waals surface area (Å²) in [7, 11) is 3.24. The van der Waals surface area contributed by atoms with Crippen molar-refractivity contribution in [1.29, 1.82) is 0 Å². The molecule has 2 aromatic heterocycles. The molecule has 6 heteroatoms. The molecule has 24 heavy (non-hydrogen) atoms. The Morgan fingerprint density at radius 3 is 1.50 bits per heavy atom. The predicted octanol–water partition coefficient (Wildman–Crippen LogP) is 3.98. The van der Waals surface area contributed by atoms with Crippen LogP contribution in [-0.4, -0.2) is 24.2 Å². The van der Waals surface area contributed by atoms with Crippen molar-refractivity contribution in [2.45, 2.75) is 0 Å². The van der Waals surface area contributed by atoms with Crippen LogP contribution in [0.2, 0.25) is 0 Å². The lowest BCUT2D eigenvalue weighted by atomic mass is 10.2. The Bertz CT molecular complexity index is 726. The molecule has 0 atom stereocenters. The van der Waals surface area contributed by atoms with Gasteiger partial charge in [0.05, 0.1) is 25.6 Å². The van der Waals surface area contributed by atoms with Gasteiger partial charge in [0.1, 0.15) is 23.1 Å². The Balaban J connectivity index is 1.94. The molecule has 0 radical (unpaired) electrons. The molecular formula is C18H18N4O2. The highest BCUT2D eigenvalue weighted by molar-refractivity contribution is 5.76. The van der Waals surface area contributed by atoms with E-state index in [-0.39, 0.29) is 0 Å². The van der Waals surface area contributed by atoms with E-state index in [2.05, 4.69) is 20.6 Å². The van der Waals surface area contributed by atoms with Gasteiger partial charge >= 0.3 is 0 Å². The van der Waals surface area contributed by atoms with Gasteiger partial charge in [0.2, 0.25) is 0 Å². The summed E-state index contributed by atoms with van der Waals surface area (Å²) in [6.07, 6.45) is 3.45. The molecule has 0 aliphatic rings. The van der Waals surface area contributed by atoms with E-state index in [1.54, 1.807) is 26.6 Å². The number of methoxy groups -OCH3 is 2. The Morgan fingerprint density at radius 2 is 1.17 bits per heavy atom. The Kier molecular flexibility index (Phi) is 4.76. The van der Waals surface area contributed by atoms with E-state index in [1.165, 1.54) is 0 Å². The average Bonchev–Trinajstić information content (AvgIpc) is 2.64. The Morgan fingerprint density at radius 1 is 0.708 bits per heavy atom. The molecule has 3 rings (SSSR count). The molecule has 2 heterocycles. The van der Waals surface area contributed by atoms with Crippen LogP contribution in [0.25, 0.3) is 0 Å². The number of rotatable bonds is 6. The number of benzene rings is 1. The van der Waals surface area contributed by atoms with Gasteiger partial charge in [0.15, 0.2) is 0 Å². The number of anilines is 4. The fourth-order valence-corrected chi connectivity index (χ4v) is 2.24. The minimum Gasteiger partial charge on any atom is -0.494 e. The fraction of sp³-hybridized carbons (Fsp3) is 0.111. The molecule has 2 N–H and O–H groups in total. The molecule has 0 fully saturated rings. The second-order valence-corrected chi connectivity index (χ2v) is 4.93. The van der Waals surface area contributed by atoms with Crippen LogP contribution in [0.4, 0.5) is 23.0 Å². The van der Waals surface area contributed by atoms with E-state index in [4.69, 9.17) is 9.47 Å². The number of hydrogen-bond donors (Lipinski definition) is 2. The van der Waals surface area contributed by atoms with Crippen molar-refractivity contribution in [2.24, 2.45) is 0 Å². The number of nitrogens with zero attached hydrogens (tertiary/aromatic N) is 2. The topological polar surface area (TPSA) is 68.3 Å². The zero-order chi connectivity index (χ0) is 16.8. The van der Waals surface area contributed by atoms with E-state index in [9.17, 15) is 0 Å². The van der Waals surface area contributed by atoms with Crippen LogP contribution in [-0.2, 0) is 0 Å². The molecule has 0 saturated carbocycles. The molecule has 6 nitrogen and oxygen atoms in total. The molecule has 0 bridgehead atoms. The molecule has 0 unspecified atom stereocenters. The summed E-state index contributed by atoms with van der Waals surface area (Å²) in [4.78, 5) is 8.52. The zero-order valence-electron chi connectivity index (χ0n) is 13.5. The lowest BCUT2D eigenvalue weighted by Crippen LogP contribution is -2.01. The lowest BCUT2D eigenvalue weighted by molar-refractivity contribution is 0.406. The summed E-state index contributed by atoms with van der Waals surface area (Å²) in [6, 6.07) is 15.0. The van der Waals surface area contributed by atoms with E-state index in [0.717, 1.165) is 23.0 Å². The summed E-state index contributed by atoms with van der Waals surface area (Å²) in [5.74, 6) is 2.78. The molecule has 0 aliphatic heterocycles. The number of hydrogen-bond acceptors (Lipinski definition) is 6. The Hall–Kier alpha value is -3.28. The maximum absolute atomic E-state index is 5.49. The first-order chi connectivity index (χ1) is 11.8. The normalized spacial score (nSPS) is 10.1. The van der Waals surface area contributed by atoms with E-state index in [0.29, 0.717) is 11.5 Å². The number of ether oxygens (including phenoxy) is 2. The molecule has 0 saturated heterocycles. The van der Waals surface area contributed by atoms with Crippen LogP contribution in [0.1, 0.15) is 0 Å². The molecule has 1 aromatic carbocycles. The van der Waals surface area contributed by atoms with Crippen molar-refractivity contribution in [3.8, 4) is 11.5 Å². The van der Waals surface area contributed by atoms with Crippen LogP contribution in [0.15, 0.2) is 60.9 Å². The minimum atomic E-state index is 0.667. The van der Waals surface area contributed by atoms with Gasteiger partial charge < -0.3 is 20.1 Å². The first-order valence-electron chi connectivity index (χ1n) is 7.42. The maximum Gasteiger partial charge on any atom is 0.144 e. The summed E-state index contributed by atoms with van der Waals surface area (Å²) >= 11 is 0. The quantitative estimate of drug-likeness (QED) is 0.715. The Labute approximate surface area is 140 Å². The van der Waals surface area contributed by atoms with E-state index >= 15 is 0 Å². The third-order valence-electron chi connectivity index (χ3n) is 3.38. The first kappa shape index (κ1) is 15.6. The maximum atomic E-state index is 5.49. The van der Waals surface area contributed by atoms with Crippen LogP contribution < -0.4 is 20.1 Å². The van der Waals surface area contributed by atoms with Crippen molar-refractivity contribution in [1.82, 2.24) is 9.97 Å². The van der Waals surface area contributed by atoms with Gasteiger partial charge in [-0.2, -0.15) is 0 Å². The highest BCUT2D eigenvalue weighted by Gasteiger charge is 2.12. The molecule has 0 aliphatic carbocycles. The zero-order valence-corrected chi connectivity index (χ0v) is 13.5. The second kappa shape index (κ2) is 7.32. The third-order valence-corrected chi connectivity index (χ3v) is 3.38. The minimum absolute atomic E-state index is 0.667. The largest absolute Gasteiger partial charge is 0.494 e. The van der Waals surface area contributed by atoms with E-state index < -0.39 is 0 Å². The number of pyridine rings is 2. The van der Waals surface area contributed by atoms with Gasteiger partial charge in [-0.05, 0) is 24.3 Å². The first-order valence-corrected chi connectivity index (χ1v) is 7.42. The van der Waals surface area contributed by atoms with Crippen molar-refractivity contribution in [3.63, 3.8) is 0 Å². The summed E-state index contributed by atoms with van der Waals surface area (Å²) in [6.45, 7) is 0. The smallest absolute Gasteiger partial charge is 0.144 e. The van der Waals surface area contributed by atoms with Crippen molar-refractivity contribution < 1.29 is 9.47 Å². The van der Waals surface area contributed by atoms with Crippen LogP contribution in [0, 0.1) is 0 Å². The average molecular weight is 322 g/mol. The fourth-order valence-electron chi connectivity index (χ4n) is 2.24. The van der Waals surface area contributed by atoms with Crippen molar-refractivity contribution >= 4 is 23.0 Å². The summed E-state index contributed by atoms with van der Waals surface area (Å²) in [5.41, 5.74) is 1.53. The molecule has 0 amide bonds. The molecule has 3 aromatic rings. The molecular weight excluding hydrogens is 304 g/mol. The second-order valence-electron chi connectivity index (χ2n) is 4.93. The van der Waals surface area contributed by atoms with E-state index in [1.807, 2.05) is 48.5 Å².